The molecule has 1 unspecified atom stereocenters. The number of rotatable bonds is 4. The number of carbonyl (C=O) groups is 1. The SMILES string of the molecule is CC(C)NC(=O)C(C)Sc1ncccn1. The molecule has 0 bridgehead atoms. The number of nitrogens with zero attached hydrogens (tertiary/aromatic N) is 2. The van der Waals surface area contributed by atoms with Crippen molar-refractivity contribution in [3.05, 3.63) is 18.5 Å². The van der Waals surface area contributed by atoms with Gasteiger partial charge in [0.1, 0.15) is 0 Å². The molecule has 0 aromatic carbocycles. The Morgan fingerprint density at radius 3 is 2.47 bits per heavy atom. The Labute approximate surface area is 93.9 Å². The molecular formula is C10H15N3OS. The first kappa shape index (κ1) is 12.0. The average Bonchev–Trinajstić information content (AvgIpc) is 2.18. The fraction of sp³-hybridized carbons (Fsp3) is 0.500. The summed E-state index contributed by atoms with van der Waals surface area (Å²) in [6.45, 7) is 5.72. The predicted octanol–water partition coefficient (Wildman–Crippen LogP) is 1.48. The zero-order chi connectivity index (χ0) is 11.3. The van der Waals surface area contributed by atoms with Crippen LogP contribution in [0.1, 0.15) is 20.8 Å². The lowest BCUT2D eigenvalue weighted by Gasteiger charge is -2.12. The summed E-state index contributed by atoms with van der Waals surface area (Å²) in [5, 5.41) is 3.30. The fourth-order valence-corrected chi connectivity index (χ4v) is 1.69. The van der Waals surface area contributed by atoms with Crippen molar-refractivity contribution >= 4 is 17.7 Å². The first-order valence-corrected chi connectivity index (χ1v) is 5.71. The average molecular weight is 225 g/mol. The highest BCUT2D eigenvalue weighted by Gasteiger charge is 2.15. The number of aromatic nitrogens is 2. The second-order valence-corrected chi connectivity index (χ2v) is 4.76. The largest absolute Gasteiger partial charge is 0.353 e. The van der Waals surface area contributed by atoms with Crippen molar-refractivity contribution < 1.29 is 4.79 Å². The minimum absolute atomic E-state index is 0.0162. The lowest BCUT2D eigenvalue weighted by molar-refractivity contribution is -0.120. The van der Waals surface area contributed by atoms with E-state index in [9.17, 15) is 4.79 Å². The van der Waals surface area contributed by atoms with Crippen molar-refractivity contribution in [2.45, 2.75) is 37.2 Å². The van der Waals surface area contributed by atoms with Crippen LogP contribution < -0.4 is 5.32 Å². The van der Waals surface area contributed by atoms with E-state index >= 15 is 0 Å². The number of thioether (sulfide) groups is 1. The normalized spacial score (nSPS) is 12.5. The van der Waals surface area contributed by atoms with E-state index < -0.39 is 0 Å². The molecule has 1 amide bonds. The monoisotopic (exact) mass is 225 g/mol. The Kier molecular flexibility index (Phi) is 4.55. The topological polar surface area (TPSA) is 54.9 Å². The number of nitrogens with one attached hydrogen (secondary N) is 1. The molecular weight excluding hydrogens is 210 g/mol. The van der Waals surface area contributed by atoms with Gasteiger partial charge in [0.05, 0.1) is 5.25 Å². The molecule has 0 spiro atoms. The Morgan fingerprint density at radius 2 is 1.93 bits per heavy atom. The molecule has 1 aromatic heterocycles. The standard InChI is InChI=1S/C10H15N3OS/c1-7(2)13-9(14)8(3)15-10-11-5-4-6-12-10/h4-8H,1-3H3,(H,13,14). The minimum atomic E-state index is -0.171. The summed E-state index contributed by atoms with van der Waals surface area (Å²) >= 11 is 1.36. The van der Waals surface area contributed by atoms with Crippen LogP contribution in [0.15, 0.2) is 23.6 Å². The van der Waals surface area contributed by atoms with Gasteiger partial charge in [0.15, 0.2) is 5.16 Å². The number of amides is 1. The van der Waals surface area contributed by atoms with Crippen molar-refractivity contribution in [1.82, 2.24) is 15.3 Å². The van der Waals surface area contributed by atoms with E-state index in [2.05, 4.69) is 15.3 Å². The molecule has 82 valence electrons. The molecule has 0 aliphatic carbocycles. The van der Waals surface area contributed by atoms with Crippen LogP contribution in [0.2, 0.25) is 0 Å². The van der Waals surface area contributed by atoms with Gasteiger partial charge in [-0.15, -0.1) is 0 Å². The smallest absolute Gasteiger partial charge is 0.233 e. The Balaban J connectivity index is 2.49. The van der Waals surface area contributed by atoms with E-state index in [1.54, 1.807) is 18.5 Å². The van der Waals surface area contributed by atoms with Crippen LogP contribution in [0.5, 0.6) is 0 Å². The minimum Gasteiger partial charge on any atom is -0.353 e. The number of carbonyl (C=O) groups excluding carboxylic acids is 1. The lowest BCUT2D eigenvalue weighted by Crippen LogP contribution is -2.35. The molecule has 1 N–H and O–H groups in total. The van der Waals surface area contributed by atoms with Gasteiger partial charge in [0.25, 0.3) is 0 Å². The van der Waals surface area contributed by atoms with E-state index in [1.807, 2.05) is 20.8 Å². The first-order valence-electron chi connectivity index (χ1n) is 4.83. The Hall–Kier alpha value is -1.10. The van der Waals surface area contributed by atoms with Gasteiger partial charge in [-0.2, -0.15) is 0 Å². The number of hydrogen-bond donors (Lipinski definition) is 1. The Bertz CT molecular complexity index is 316. The lowest BCUT2D eigenvalue weighted by atomic mass is 10.3. The van der Waals surface area contributed by atoms with Crippen LogP contribution in [0.25, 0.3) is 0 Å². The molecule has 1 atom stereocenters. The van der Waals surface area contributed by atoms with E-state index in [1.165, 1.54) is 11.8 Å². The summed E-state index contributed by atoms with van der Waals surface area (Å²) in [5.74, 6) is 0.0162. The summed E-state index contributed by atoms with van der Waals surface area (Å²) < 4.78 is 0. The Morgan fingerprint density at radius 1 is 1.33 bits per heavy atom. The molecule has 5 heteroatoms. The highest BCUT2D eigenvalue weighted by atomic mass is 32.2. The maximum Gasteiger partial charge on any atom is 0.233 e. The predicted molar refractivity (Wildman–Crippen MR) is 60.6 cm³/mol. The molecule has 1 aromatic rings. The molecule has 0 aliphatic rings. The van der Waals surface area contributed by atoms with E-state index in [-0.39, 0.29) is 17.2 Å². The summed E-state index contributed by atoms with van der Waals surface area (Å²) in [5.41, 5.74) is 0. The van der Waals surface area contributed by atoms with Crippen molar-refractivity contribution in [3.8, 4) is 0 Å². The molecule has 0 saturated carbocycles. The summed E-state index contributed by atoms with van der Waals surface area (Å²) in [6.07, 6.45) is 3.34. The highest BCUT2D eigenvalue weighted by Crippen LogP contribution is 2.18. The first-order chi connectivity index (χ1) is 7.09. The van der Waals surface area contributed by atoms with Crippen LogP contribution >= 0.6 is 11.8 Å². The molecule has 4 nitrogen and oxygen atoms in total. The van der Waals surface area contributed by atoms with Gasteiger partial charge in [0.2, 0.25) is 5.91 Å². The summed E-state index contributed by atoms with van der Waals surface area (Å²) in [7, 11) is 0. The molecule has 1 rings (SSSR count). The second-order valence-electron chi connectivity index (χ2n) is 3.45. The molecule has 15 heavy (non-hydrogen) atoms. The van der Waals surface area contributed by atoms with E-state index in [4.69, 9.17) is 0 Å². The molecule has 0 saturated heterocycles. The van der Waals surface area contributed by atoms with Gasteiger partial charge in [-0.05, 0) is 26.8 Å². The van der Waals surface area contributed by atoms with E-state index in [0.717, 1.165) is 0 Å². The molecule has 0 radical (unpaired) electrons. The van der Waals surface area contributed by atoms with Crippen LogP contribution in [0, 0.1) is 0 Å². The van der Waals surface area contributed by atoms with Crippen LogP contribution in [0.3, 0.4) is 0 Å². The van der Waals surface area contributed by atoms with Gasteiger partial charge < -0.3 is 5.32 Å². The van der Waals surface area contributed by atoms with Gasteiger partial charge in [-0.3, -0.25) is 4.79 Å². The van der Waals surface area contributed by atoms with Crippen LogP contribution in [-0.2, 0) is 4.79 Å². The van der Waals surface area contributed by atoms with Crippen molar-refractivity contribution in [2.75, 3.05) is 0 Å². The quantitative estimate of drug-likeness (QED) is 0.623. The van der Waals surface area contributed by atoms with Crippen LogP contribution in [0.4, 0.5) is 0 Å². The summed E-state index contributed by atoms with van der Waals surface area (Å²) in [6, 6.07) is 1.92. The summed E-state index contributed by atoms with van der Waals surface area (Å²) in [4.78, 5) is 19.7. The highest BCUT2D eigenvalue weighted by molar-refractivity contribution is 8.00. The van der Waals surface area contributed by atoms with Gasteiger partial charge in [0, 0.05) is 18.4 Å². The molecule has 0 fully saturated rings. The molecule has 0 aliphatic heterocycles. The third-order valence-corrected chi connectivity index (χ3v) is 2.61. The maximum absolute atomic E-state index is 11.6. The maximum atomic E-state index is 11.6. The van der Waals surface area contributed by atoms with Crippen LogP contribution in [-0.4, -0.2) is 27.2 Å². The van der Waals surface area contributed by atoms with Gasteiger partial charge >= 0.3 is 0 Å². The zero-order valence-corrected chi connectivity index (χ0v) is 9.91. The van der Waals surface area contributed by atoms with E-state index in [0.29, 0.717) is 5.16 Å². The zero-order valence-electron chi connectivity index (χ0n) is 9.10. The van der Waals surface area contributed by atoms with Crippen molar-refractivity contribution in [2.24, 2.45) is 0 Å². The third-order valence-electron chi connectivity index (χ3n) is 1.62. The fourth-order valence-electron chi connectivity index (χ4n) is 0.960. The van der Waals surface area contributed by atoms with Crippen molar-refractivity contribution in [1.29, 1.82) is 0 Å². The second kappa shape index (κ2) is 5.70. The number of hydrogen-bond acceptors (Lipinski definition) is 4. The van der Waals surface area contributed by atoms with Crippen molar-refractivity contribution in [3.63, 3.8) is 0 Å². The van der Waals surface area contributed by atoms with Gasteiger partial charge in [-0.25, -0.2) is 9.97 Å². The molecule has 1 heterocycles. The third kappa shape index (κ3) is 4.29. The van der Waals surface area contributed by atoms with Gasteiger partial charge in [-0.1, -0.05) is 11.8 Å².